The summed E-state index contributed by atoms with van der Waals surface area (Å²) in [6.07, 6.45) is 2.57. The molecule has 0 spiro atoms. The minimum absolute atomic E-state index is 0.0271. The van der Waals surface area contributed by atoms with E-state index in [1.165, 1.54) is 6.07 Å². The van der Waals surface area contributed by atoms with Gasteiger partial charge in [-0.25, -0.2) is 9.37 Å². The van der Waals surface area contributed by atoms with Crippen molar-refractivity contribution in [3.63, 3.8) is 0 Å². The zero-order valence-corrected chi connectivity index (χ0v) is 12.0. The molecule has 1 atom stereocenters. The zero-order chi connectivity index (χ0) is 14.8. The molecule has 2 heterocycles. The fraction of sp³-hybridized carbons (Fsp3) is 0.571. The lowest BCUT2D eigenvalue weighted by Crippen LogP contribution is -2.45. The molecule has 1 aromatic heterocycles. The third-order valence-corrected chi connectivity index (χ3v) is 3.37. The Morgan fingerprint density at radius 1 is 1.55 bits per heavy atom. The first-order valence-corrected chi connectivity index (χ1v) is 6.69. The zero-order valence-electron chi connectivity index (χ0n) is 12.0. The van der Waals surface area contributed by atoms with Crippen molar-refractivity contribution < 1.29 is 13.9 Å². The minimum atomic E-state index is -0.526. The first-order chi connectivity index (χ1) is 9.41. The molecule has 0 bridgehead atoms. The first-order valence-electron chi connectivity index (χ1n) is 6.69. The lowest BCUT2D eigenvalue weighted by atomic mass is 9.94. The topological polar surface area (TPSA) is 63.2 Å². The number of amides is 1. The van der Waals surface area contributed by atoms with Crippen LogP contribution in [0, 0.1) is 5.82 Å². The van der Waals surface area contributed by atoms with Crippen molar-refractivity contribution >= 4 is 11.7 Å². The quantitative estimate of drug-likeness (QED) is 0.889. The largest absolute Gasteiger partial charge is 0.375 e. The van der Waals surface area contributed by atoms with E-state index in [0.717, 1.165) is 19.0 Å². The molecular formula is C14H20FN3O2. The maximum absolute atomic E-state index is 13.3. The molecule has 0 saturated carbocycles. The normalized spacial score (nSPS) is 21.3. The summed E-state index contributed by atoms with van der Waals surface area (Å²) in [4.78, 5) is 16.1. The number of nitrogens with zero attached hydrogens (tertiary/aromatic N) is 1. The molecule has 1 aliphatic heterocycles. The third kappa shape index (κ3) is 3.45. The van der Waals surface area contributed by atoms with E-state index in [9.17, 15) is 9.18 Å². The molecule has 1 fully saturated rings. The van der Waals surface area contributed by atoms with Crippen molar-refractivity contribution in [3.8, 4) is 0 Å². The van der Waals surface area contributed by atoms with E-state index in [4.69, 9.17) is 4.74 Å². The minimum Gasteiger partial charge on any atom is -0.375 e. The monoisotopic (exact) mass is 281 g/mol. The summed E-state index contributed by atoms with van der Waals surface area (Å²) < 4.78 is 18.9. The molecule has 1 amide bonds. The molecule has 2 rings (SSSR count). The Morgan fingerprint density at radius 2 is 2.30 bits per heavy atom. The van der Waals surface area contributed by atoms with Crippen molar-refractivity contribution in [1.29, 1.82) is 0 Å². The van der Waals surface area contributed by atoms with Gasteiger partial charge in [-0.1, -0.05) is 0 Å². The number of nitrogens with one attached hydrogen (secondary N) is 2. The number of hydrogen-bond donors (Lipinski definition) is 2. The lowest BCUT2D eigenvalue weighted by molar-refractivity contribution is -0.0615. The predicted molar refractivity (Wildman–Crippen MR) is 74.3 cm³/mol. The van der Waals surface area contributed by atoms with E-state index in [0.29, 0.717) is 12.4 Å². The van der Waals surface area contributed by atoms with Gasteiger partial charge in [-0.15, -0.1) is 0 Å². The molecule has 1 unspecified atom stereocenters. The average molecular weight is 281 g/mol. The van der Waals surface area contributed by atoms with Crippen LogP contribution in [0.25, 0.3) is 0 Å². The van der Waals surface area contributed by atoms with E-state index >= 15 is 0 Å². The SMILES string of the molecule is CNc1ncc(F)cc1C(=O)NC1CCOC(C)(C)C1. The molecule has 6 heteroatoms. The van der Waals surface area contributed by atoms with Gasteiger partial charge < -0.3 is 15.4 Å². The van der Waals surface area contributed by atoms with Crippen LogP contribution in [0.15, 0.2) is 12.3 Å². The van der Waals surface area contributed by atoms with Crippen LogP contribution in [0.2, 0.25) is 0 Å². The number of aromatic nitrogens is 1. The van der Waals surface area contributed by atoms with Crippen LogP contribution in [0.4, 0.5) is 10.2 Å². The highest BCUT2D eigenvalue weighted by Crippen LogP contribution is 2.24. The van der Waals surface area contributed by atoms with Crippen molar-refractivity contribution in [2.75, 3.05) is 19.0 Å². The summed E-state index contributed by atoms with van der Waals surface area (Å²) in [5, 5.41) is 5.72. The van der Waals surface area contributed by atoms with Gasteiger partial charge in [0.15, 0.2) is 0 Å². The number of ether oxygens (including phenoxy) is 1. The predicted octanol–water partition coefficient (Wildman–Crippen LogP) is 1.95. The number of carbonyl (C=O) groups is 1. The van der Waals surface area contributed by atoms with Crippen LogP contribution in [-0.4, -0.2) is 36.2 Å². The second-order valence-corrected chi connectivity index (χ2v) is 5.57. The van der Waals surface area contributed by atoms with Crippen molar-refractivity contribution in [2.45, 2.75) is 38.3 Å². The van der Waals surface area contributed by atoms with Gasteiger partial charge >= 0.3 is 0 Å². The summed E-state index contributed by atoms with van der Waals surface area (Å²) in [6.45, 7) is 4.60. The highest BCUT2D eigenvalue weighted by atomic mass is 19.1. The maximum atomic E-state index is 13.3. The average Bonchev–Trinajstić information content (AvgIpc) is 2.37. The molecule has 5 nitrogen and oxygen atoms in total. The Hall–Kier alpha value is -1.69. The van der Waals surface area contributed by atoms with Crippen LogP contribution in [0.5, 0.6) is 0 Å². The fourth-order valence-electron chi connectivity index (χ4n) is 2.43. The Labute approximate surface area is 117 Å². The maximum Gasteiger partial charge on any atom is 0.255 e. The molecular weight excluding hydrogens is 261 g/mol. The van der Waals surface area contributed by atoms with Crippen LogP contribution >= 0.6 is 0 Å². The standard InChI is InChI=1S/C14H20FN3O2/c1-14(2)7-10(4-5-20-14)18-13(19)11-6-9(15)8-17-12(11)16-3/h6,8,10H,4-5,7H2,1-3H3,(H,16,17)(H,18,19). The third-order valence-electron chi connectivity index (χ3n) is 3.37. The second-order valence-electron chi connectivity index (χ2n) is 5.57. The van der Waals surface area contributed by atoms with E-state index in [1.807, 2.05) is 13.8 Å². The summed E-state index contributed by atoms with van der Waals surface area (Å²) in [5.41, 5.74) is -0.0285. The van der Waals surface area contributed by atoms with Crippen LogP contribution in [0.3, 0.4) is 0 Å². The first kappa shape index (κ1) is 14.7. The lowest BCUT2D eigenvalue weighted by Gasteiger charge is -2.35. The highest BCUT2D eigenvalue weighted by molar-refractivity contribution is 5.98. The number of halogens is 1. The summed E-state index contributed by atoms with van der Waals surface area (Å²) >= 11 is 0. The van der Waals surface area contributed by atoms with Crippen molar-refractivity contribution in [2.24, 2.45) is 0 Å². The smallest absolute Gasteiger partial charge is 0.255 e. The Kier molecular flexibility index (Phi) is 4.23. The number of hydrogen-bond acceptors (Lipinski definition) is 4. The molecule has 0 aromatic carbocycles. The van der Waals surface area contributed by atoms with E-state index in [2.05, 4.69) is 15.6 Å². The van der Waals surface area contributed by atoms with E-state index in [1.54, 1.807) is 7.05 Å². The molecule has 1 aromatic rings. The second kappa shape index (κ2) is 5.75. The van der Waals surface area contributed by atoms with E-state index < -0.39 is 5.82 Å². The molecule has 110 valence electrons. The van der Waals surface area contributed by atoms with Gasteiger partial charge in [0, 0.05) is 19.7 Å². The Morgan fingerprint density at radius 3 is 2.95 bits per heavy atom. The molecule has 20 heavy (non-hydrogen) atoms. The van der Waals surface area contributed by atoms with Crippen LogP contribution < -0.4 is 10.6 Å². The molecule has 0 aliphatic carbocycles. The van der Waals surface area contributed by atoms with Crippen molar-refractivity contribution in [1.82, 2.24) is 10.3 Å². The van der Waals surface area contributed by atoms with Gasteiger partial charge in [0.1, 0.15) is 11.6 Å². The highest BCUT2D eigenvalue weighted by Gasteiger charge is 2.30. The Bertz CT molecular complexity index is 505. The Balaban J connectivity index is 2.10. The molecule has 1 saturated heterocycles. The van der Waals surface area contributed by atoms with E-state index in [-0.39, 0.29) is 23.1 Å². The van der Waals surface area contributed by atoms with Crippen LogP contribution in [-0.2, 0) is 4.74 Å². The number of carbonyl (C=O) groups excluding carboxylic acids is 1. The summed E-state index contributed by atoms with van der Waals surface area (Å²) in [5.74, 6) is -0.472. The number of pyridine rings is 1. The van der Waals surface area contributed by atoms with Gasteiger partial charge in [-0.05, 0) is 32.8 Å². The molecule has 0 radical (unpaired) electrons. The molecule has 2 N–H and O–H groups in total. The van der Waals surface area contributed by atoms with Gasteiger partial charge in [-0.2, -0.15) is 0 Å². The van der Waals surface area contributed by atoms with Crippen LogP contribution in [0.1, 0.15) is 37.0 Å². The summed E-state index contributed by atoms with van der Waals surface area (Å²) in [7, 11) is 1.65. The van der Waals surface area contributed by atoms with Crippen molar-refractivity contribution in [3.05, 3.63) is 23.6 Å². The van der Waals surface area contributed by atoms with Gasteiger partial charge in [-0.3, -0.25) is 4.79 Å². The van der Waals surface area contributed by atoms with Gasteiger partial charge in [0.05, 0.1) is 17.4 Å². The summed E-state index contributed by atoms with van der Waals surface area (Å²) in [6, 6.07) is 1.22. The number of rotatable bonds is 3. The fourth-order valence-corrected chi connectivity index (χ4v) is 2.43. The number of anilines is 1. The molecule has 1 aliphatic rings. The van der Waals surface area contributed by atoms with Gasteiger partial charge in [0.25, 0.3) is 5.91 Å². The van der Waals surface area contributed by atoms with Gasteiger partial charge in [0.2, 0.25) is 0 Å².